The van der Waals surface area contributed by atoms with Crippen molar-refractivity contribution in [3.8, 4) is 0 Å². The molecule has 0 bridgehead atoms. The number of carbonyl (C=O) groups is 1. The van der Waals surface area contributed by atoms with E-state index in [1.807, 2.05) is 31.2 Å². The van der Waals surface area contributed by atoms with Crippen molar-refractivity contribution in [2.75, 3.05) is 12.4 Å². The Morgan fingerprint density at radius 2 is 1.93 bits per heavy atom. The lowest BCUT2D eigenvalue weighted by Gasteiger charge is -2.32. The van der Waals surface area contributed by atoms with E-state index in [-0.39, 0.29) is 22.6 Å². The number of rotatable bonds is 4. The Bertz CT molecular complexity index is 1090. The van der Waals surface area contributed by atoms with Gasteiger partial charge in [-0.25, -0.2) is 0 Å². The minimum absolute atomic E-state index is 0.0321. The Balaban J connectivity index is 1.88. The fourth-order valence-electron chi connectivity index (χ4n) is 3.61. The molecule has 0 amide bonds. The molecule has 0 fully saturated rings. The second-order valence-electron chi connectivity index (χ2n) is 6.76. The lowest BCUT2D eigenvalue weighted by atomic mass is 9.86. The van der Waals surface area contributed by atoms with Gasteiger partial charge in [0, 0.05) is 17.8 Å². The van der Waals surface area contributed by atoms with Gasteiger partial charge in [0.1, 0.15) is 5.75 Å². The van der Waals surface area contributed by atoms with E-state index in [4.69, 9.17) is 16.3 Å². The largest absolute Gasteiger partial charge is 0.739 e. The molecule has 0 N–H and O–H groups in total. The van der Waals surface area contributed by atoms with Crippen LogP contribution in [0.5, 0.6) is 0 Å². The Labute approximate surface area is 176 Å². The molecule has 0 saturated heterocycles. The first-order valence-corrected chi connectivity index (χ1v) is 10.5. The minimum Gasteiger partial charge on any atom is -0.465 e. The third-order valence-corrected chi connectivity index (χ3v) is 6.18. The van der Waals surface area contributed by atoms with E-state index in [2.05, 4.69) is 0 Å². The van der Waals surface area contributed by atoms with Gasteiger partial charge in [-0.3, -0.25) is 4.79 Å². The van der Waals surface area contributed by atoms with Gasteiger partial charge in [0.2, 0.25) is 0 Å². The molecular formula is C20H18BClF2N2O2S. The second-order valence-corrected chi connectivity index (χ2v) is 8.14. The molecule has 29 heavy (non-hydrogen) atoms. The summed E-state index contributed by atoms with van der Waals surface area (Å²) >= 11 is 7.20. The zero-order chi connectivity index (χ0) is 20.8. The monoisotopic (exact) mass is 434 g/mol. The fraction of sp³-hybridized carbons (Fsp3) is 0.200. The van der Waals surface area contributed by atoms with Crippen molar-refractivity contribution >= 4 is 46.9 Å². The average Bonchev–Trinajstić information content (AvgIpc) is 3.27. The van der Waals surface area contributed by atoms with E-state index in [9.17, 15) is 4.79 Å². The number of halogens is 3. The van der Waals surface area contributed by atoms with Gasteiger partial charge in [-0.1, -0.05) is 53.2 Å². The number of ether oxygens (including phenoxy) is 1. The zero-order valence-corrected chi connectivity index (χ0v) is 17.4. The zero-order valence-electron chi connectivity index (χ0n) is 15.9. The van der Waals surface area contributed by atoms with Gasteiger partial charge in [-0.15, -0.1) is 0 Å². The summed E-state index contributed by atoms with van der Waals surface area (Å²) in [5, 5.41) is 0.258. The van der Waals surface area contributed by atoms with E-state index < -0.39 is 12.9 Å². The summed E-state index contributed by atoms with van der Waals surface area (Å²) in [6.07, 6.45) is 3.28. The summed E-state index contributed by atoms with van der Waals surface area (Å²) in [7, 11) is 0. The van der Waals surface area contributed by atoms with Gasteiger partial charge in [0.25, 0.3) is 0 Å². The third-order valence-electron chi connectivity index (χ3n) is 4.87. The molecule has 0 radical (unpaired) electrons. The SMILES string of the molecule is CCOC(=O)CSC1=[N+]2C(=C(c3ccc(C)cc3)c3ccc(Cl)n3[B-]2(F)F)C=C1. The van der Waals surface area contributed by atoms with Crippen LogP contribution in [0, 0.1) is 6.92 Å². The van der Waals surface area contributed by atoms with Gasteiger partial charge < -0.3 is 22.3 Å². The van der Waals surface area contributed by atoms with Crippen LogP contribution in [-0.2, 0) is 9.53 Å². The normalized spacial score (nSPS) is 16.9. The molecule has 3 heterocycles. The summed E-state index contributed by atoms with van der Waals surface area (Å²) in [5.74, 6) is -0.489. The van der Waals surface area contributed by atoms with Crippen molar-refractivity contribution in [3.63, 3.8) is 0 Å². The summed E-state index contributed by atoms with van der Waals surface area (Å²) in [6.45, 7) is -0.286. The maximum absolute atomic E-state index is 15.6. The molecule has 0 saturated carbocycles. The maximum atomic E-state index is 15.6. The van der Waals surface area contributed by atoms with E-state index in [1.54, 1.807) is 25.1 Å². The predicted octanol–water partition coefficient (Wildman–Crippen LogP) is 4.72. The van der Waals surface area contributed by atoms with Crippen LogP contribution >= 0.6 is 23.4 Å². The molecule has 0 unspecified atom stereocenters. The maximum Gasteiger partial charge on any atom is 0.739 e. The van der Waals surface area contributed by atoms with Crippen LogP contribution in [-0.4, -0.2) is 39.3 Å². The standard InChI is InChI=1S/C20H18BClF2N2O2S/c1-3-28-19(27)12-29-18-11-9-16-20(14-6-4-13(2)5-7-14)15-8-10-17(22)25(15)21(23,24)26(16)18/h4-11H,3,12H2,1-2H3. The molecule has 4 nitrogen and oxygen atoms in total. The highest BCUT2D eigenvalue weighted by Gasteiger charge is 2.54. The summed E-state index contributed by atoms with van der Waals surface area (Å²) in [4.78, 5) is 11.7. The number of esters is 1. The van der Waals surface area contributed by atoms with Crippen molar-refractivity contribution in [2.24, 2.45) is 0 Å². The van der Waals surface area contributed by atoms with Crippen LogP contribution < -0.4 is 0 Å². The summed E-state index contributed by atoms with van der Waals surface area (Å²) < 4.78 is 37.9. The van der Waals surface area contributed by atoms with Gasteiger partial charge >= 0.3 is 12.9 Å². The van der Waals surface area contributed by atoms with Crippen LogP contribution in [0.15, 0.2) is 54.2 Å². The highest BCUT2D eigenvalue weighted by atomic mass is 35.5. The lowest BCUT2D eigenvalue weighted by Crippen LogP contribution is -2.50. The van der Waals surface area contributed by atoms with Gasteiger partial charge in [-0.2, -0.15) is 0 Å². The highest BCUT2D eigenvalue weighted by Crippen LogP contribution is 2.42. The number of hydrogen-bond donors (Lipinski definition) is 0. The number of thioether (sulfide) groups is 1. The minimum atomic E-state index is -4.21. The number of nitrogens with zero attached hydrogens (tertiary/aromatic N) is 2. The number of aromatic nitrogens is 1. The molecule has 0 spiro atoms. The van der Waals surface area contributed by atoms with Crippen LogP contribution in [0.1, 0.15) is 23.7 Å². The molecule has 150 valence electrons. The molecule has 4 rings (SSSR count). The van der Waals surface area contributed by atoms with Crippen molar-refractivity contribution < 1.29 is 22.6 Å². The van der Waals surface area contributed by atoms with Crippen molar-refractivity contribution in [1.82, 2.24) is 4.48 Å². The Morgan fingerprint density at radius 1 is 1.21 bits per heavy atom. The molecule has 2 aliphatic rings. The number of carbonyl (C=O) groups excluding carboxylic acids is 1. The average molecular weight is 435 g/mol. The molecule has 0 aliphatic carbocycles. The number of benzene rings is 1. The molecule has 1 aromatic heterocycles. The molecule has 1 aromatic carbocycles. The molecule has 0 atom stereocenters. The number of allylic oxidation sites excluding steroid dienone is 1. The van der Waals surface area contributed by atoms with Crippen LogP contribution in [0.2, 0.25) is 5.15 Å². The van der Waals surface area contributed by atoms with Crippen LogP contribution in [0.3, 0.4) is 0 Å². The first-order chi connectivity index (χ1) is 13.8. The highest BCUT2D eigenvalue weighted by molar-refractivity contribution is 8.14. The first kappa shape index (κ1) is 20.0. The van der Waals surface area contributed by atoms with Gasteiger partial charge in [0.15, 0.2) is 10.7 Å². The fourth-order valence-corrected chi connectivity index (χ4v) is 4.76. The van der Waals surface area contributed by atoms with Gasteiger partial charge in [0.05, 0.1) is 17.3 Å². The molecule has 9 heteroatoms. The molecule has 2 aromatic rings. The third kappa shape index (κ3) is 3.34. The second kappa shape index (κ2) is 7.50. The van der Waals surface area contributed by atoms with Crippen molar-refractivity contribution in [3.05, 3.63) is 76.2 Å². The molecule has 2 aliphatic heterocycles. The summed E-state index contributed by atoms with van der Waals surface area (Å²) in [5.41, 5.74) is 3.34. The lowest BCUT2D eigenvalue weighted by molar-refractivity contribution is -0.358. The Kier molecular flexibility index (Phi) is 5.17. The molecular weight excluding hydrogens is 417 g/mol. The first-order valence-electron chi connectivity index (χ1n) is 9.18. The van der Waals surface area contributed by atoms with Crippen LogP contribution in [0.4, 0.5) is 8.63 Å². The topological polar surface area (TPSA) is 34.2 Å². The Morgan fingerprint density at radius 3 is 2.62 bits per heavy atom. The van der Waals surface area contributed by atoms with Crippen LogP contribution in [0.25, 0.3) is 5.57 Å². The van der Waals surface area contributed by atoms with Gasteiger partial charge in [-0.05, 0) is 31.5 Å². The number of hydrogen-bond acceptors (Lipinski definition) is 3. The van der Waals surface area contributed by atoms with Crippen molar-refractivity contribution in [1.29, 1.82) is 0 Å². The van der Waals surface area contributed by atoms with E-state index in [0.717, 1.165) is 31.9 Å². The smallest absolute Gasteiger partial charge is 0.465 e. The van der Waals surface area contributed by atoms with E-state index in [0.29, 0.717) is 17.0 Å². The van der Waals surface area contributed by atoms with E-state index >= 15 is 8.63 Å². The Hall–Kier alpha value is -2.32. The van der Waals surface area contributed by atoms with Crippen molar-refractivity contribution in [2.45, 2.75) is 13.8 Å². The predicted molar refractivity (Wildman–Crippen MR) is 114 cm³/mol. The number of fused-ring (bicyclic) bond motifs is 2. The summed E-state index contributed by atoms with van der Waals surface area (Å²) in [6, 6.07) is 10.8. The van der Waals surface area contributed by atoms with E-state index in [1.165, 1.54) is 6.07 Å². The number of aryl methyl sites for hydroxylation is 1. The quantitative estimate of drug-likeness (QED) is 0.516.